The Kier molecular flexibility index (Phi) is 6.07. The van der Waals surface area contributed by atoms with E-state index in [2.05, 4.69) is 55.8 Å². The fourth-order valence-corrected chi connectivity index (χ4v) is 3.15. The Hall–Kier alpha value is -1.06. The molecule has 1 unspecified atom stereocenters. The smallest absolute Gasteiger partial charge is 0.122 e. The number of likely N-dealkylation sites (N-methyl/N-ethyl adjacent to an activating group) is 1. The zero-order valence-corrected chi connectivity index (χ0v) is 14.1. The average Bonchev–Trinajstić information content (AvgIpc) is 2.89. The Morgan fingerprint density at radius 3 is 2.81 bits per heavy atom. The second-order valence-corrected chi connectivity index (χ2v) is 6.43. The minimum Gasteiger partial charge on any atom is -0.492 e. The van der Waals surface area contributed by atoms with E-state index in [0.29, 0.717) is 0 Å². The molecule has 1 aromatic rings. The Balaban J connectivity index is 1.68. The fraction of sp³-hybridized carbons (Fsp3) is 0.667. The van der Waals surface area contributed by atoms with E-state index in [1.54, 1.807) is 0 Å². The number of likely N-dealkylation sites (tertiary alicyclic amines) is 1. The molecule has 1 aliphatic rings. The Labute approximate surface area is 129 Å². The van der Waals surface area contributed by atoms with Crippen LogP contribution in [0.5, 0.6) is 5.75 Å². The van der Waals surface area contributed by atoms with E-state index in [0.717, 1.165) is 24.8 Å². The highest BCUT2D eigenvalue weighted by Gasteiger charge is 2.21. The number of nitrogens with zero attached hydrogens (tertiary/aromatic N) is 2. The Bertz CT molecular complexity index is 447. The van der Waals surface area contributed by atoms with Crippen LogP contribution in [0.25, 0.3) is 0 Å². The molecule has 0 radical (unpaired) electrons. The first-order valence-corrected chi connectivity index (χ1v) is 8.19. The molecule has 118 valence electrons. The van der Waals surface area contributed by atoms with Crippen LogP contribution in [0.4, 0.5) is 0 Å². The van der Waals surface area contributed by atoms with Gasteiger partial charge in [-0.2, -0.15) is 0 Å². The third kappa shape index (κ3) is 5.01. The number of ether oxygens (including phenoxy) is 1. The highest BCUT2D eigenvalue weighted by molar-refractivity contribution is 5.35. The molecule has 1 heterocycles. The molecule has 0 bridgehead atoms. The molecule has 3 heteroatoms. The van der Waals surface area contributed by atoms with Crippen molar-refractivity contribution in [1.82, 2.24) is 9.80 Å². The van der Waals surface area contributed by atoms with Crippen molar-refractivity contribution < 1.29 is 4.74 Å². The summed E-state index contributed by atoms with van der Waals surface area (Å²) in [4.78, 5) is 4.96. The maximum atomic E-state index is 5.92. The predicted molar refractivity (Wildman–Crippen MR) is 89.1 cm³/mol. The second kappa shape index (κ2) is 7.81. The molecule has 1 fully saturated rings. The lowest BCUT2D eigenvalue weighted by Gasteiger charge is -2.21. The van der Waals surface area contributed by atoms with Crippen molar-refractivity contribution in [3.05, 3.63) is 29.3 Å². The minimum atomic E-state index is 0.768. The van der Waals surface area contributed by atoms with Gasteiger partial charge in [0.1, 0.15) is 12.4 Å². The maximum Gasteiger partial charge on any atom is 0.122 e. The summed E-state index contributed by atoms with van der Waals surface area (Å²) in [5.41, 5.74) is 2.52. The van der Waals surface area contributed by atoms with Gasteiger partial charge in [0.25, 0.3) is 0 Å². The summed E-state index contributed by atoms with van der Waals surface area (Å²) < 4.78 is 5.92. The lowest BCUT2D eigenvalue weighted by molar-refractivity contribution is 0.212. The lowest BCUT2D eigenvalue weighted by atomic mass is 10.1. The number of hydrogen-bond acceptors (Lipinski definition) is 3. The zero-order chi connectivity index (χ0) is 15.2. The number of hydrogen-bond donors (Lipinski definition) is 0. The van der Waals surface area contributed by atoms with E-state index in [-0.39, 0.29) is 0 Å². The molecule has 2 rings (SSSR count). The first-order valence-electron chi connectivity index (χ1n) is 8.19. The summed E-state index contributed by atoms with van der Waals surface area (Å²) in [5.74, 6) is 1.85. The fourth-order valence-electron chi connectivity index (χ4n) is 3.15. The Morgan fingerprint density at radius 1 is 1.33 bits per heavy atom. The van der Waals surface area contributed by atoms with Crippen molar-refractivity contribution in [2.24, 2.45) is 5.92 Å². The van der Waals surface area contributed by atoms with Gasteiger partial charge in [-0.3, -0.25) is 0 Å². The topological polar surface area (TPSA) is 15.7 Å². The van der Waals surface area contributed by atoms with Crippen LogP contribution in [0.1, 0.15) is 24.5 Å². The average molecular weight is 290 g/mol. The quantitative estimate of drug-likeness (QED) is 0.768. The van der Waals surface area contributed by atoms with Gasteiger partial charge in [-0.15, -0.1) is 0 Å². The van der Waals surface area contributed by atoms with Gasteiger partial charge < -0.3 is 14.5 Å². The monoisotopic (exact) mass is 290 g/mol. The molecule has 0 saturated carbocycles. The van der Waals surface area contributed by atoms with Crippen molar-refractivity contribution in [2.75, 3.05) is 46.4 Å². The molecule has 1 atom stereocenters. The van der Waals surface area contributed by atoms with E-state index in [9.17, 15) is 0 Å². The molecule has 3 nitrogen and oxygen atoms in total. The van der Waals surface area contributed by atoms with Gasteiger partial charge in [-0.1, -0.05) is 24.6 Å². The molecular weight excluding hydrogens is 260 g/mol. The minimum absolute atomic E-state index is 0.768. The van der Waals surface area contributed by atoms with Crippen molar-refractivity contribution in [3.63, 3.8) is 0 Å². The van der Waals surface area contributed by atoms with Crippen molar-refractivity contribution in [3.8, 4) is 5.75 Å². The molecular formula is C18H30N2O. The van der Waals surface area contributed by atoms with Crippen molar-refractivity contribution >= 4 is 0 Å². The predicted octanol–water partition coefficient (Wildman–Crippen LogP) is 2.96. The molecule has 0 aromatic heterocycles. The van der Waals surface area contributed by atoms with Crippen LogP contribution in [0.15, 0.2) is 18.2 Å². The van der Waals surface area contributed by atoms with Gasteiger partial charge in [-0.25, -0.2) is 0 Å². The summed E-state index contributed by atoms with van der Waals surface area (Å²) in [7, 11) is 2.21. The van der Waals surface area contributed by atoms with E-state index < -0.39 is 0 Å². The zero-order valence-electron chi connectivity index (χ0n) is 14.1. The molecule has 1 saturated heterocycles. The van der Waals surface area contributed by atoms with Gasteiger partial charge in [0, 0.05) is 19.6 Å². The largest absolute Gasteiger partial charge is 0.492 e. The van der Waals surface area contributed by atoms with Gasteiger partial charge in [0.2, 0.25) is 0 Å². The van der Waals surface area contributed by atoms with Gasteiger partial charge in [0.15, 0.2) is 0 Å². The molecule has 1 aromatic carbocycles. The summed E-state index contributed by atoms with van der Waals surface area (Å²) in [6.07, 6.45) is 1.34. The number of aryl methyl sites for hydroxylation is 2. The molecule has 0 aliphatic carbocycles. The third-order valence-corrected chi connectivity index (χ3v) is 4.45. The van der Waals surface area contributed by atoms with E-state index in [1.165, 1.54) is 43.7 Å². The van der Waals surface area contributed by atoms with E-state index in [4.69, 9.17) is 4.74 Å². The molecule has 0 spiro atoms. The summed E-state index contributed by atoms with van der Waals surface area (Å²) in [5, 5.41) is 0. The van der Waals surface area contributed by atoms with Crippen LogP contribution in [0, 0.1) is 19.8 Å². The molecule has 1 aliphatic heterocycles. The summed E-state index contributed by atoms with van der Waals surface area (Å²) in [6, 6.07) is 6.38. The van der Waals surface area contributed by atoms with Crippen molar-refractivity contribution in [2.45, 2.75) is 27.2 Å². The van der Waals surface area contributed by atoms with Gasteiger partial charge in [-0.05, 0) is 58.0 Å². The van der Waals surface area contributed by atoms with Crippen LogP contribution in [0.2, 0.25) is 0 Å². The molecule has 0 N–H and O–H groups in total. The van der Waals surface area contributed by atoms with E-state index >= 15 is 0 Å². The maximum absolute atomic E-state index is 5.92. The van der Waals surface area contributed by atoms with Crippen LogP contribution >= 0.6 is 0 Å². The van der Waals surface area contributed by atoms with Crippen molar-refractivity contribution in [1.29, 1.82) is 0 Å². The first-order chi connectivity index (χ1) is 10.1. The van der Waals surface area contributed by atoms with Gasteiger partial charge in [0.05, 0.1) is 0 Å². The number of rotatable bonds is 7. The molecule has 21 heavy (non-hydrogen) atoms. The summed E-state index contributed by atoms with van der Waals surface area (Å²) >= 11 is 0. The first kappa shape index (κ1) is 16.3. The van der Waals surface area contributed by atoms with Crippen LogP contribution in [-0.4, -0.2) is 56.2 Å². The van der Waals surface area contributed by atoms with Crippen LogP contribution in [0.3, 0.4) is 0 Å². The lowest BCUT2D eigenvalue weighted by Crippen LogP contribution is -2.31. The second-order valence-electron chi connectivity index (χ2n) is 6.43. The van der Waals surface area contributed by atoms with Crippen LogP contribution < -0.4 is 4.74 Å². The highest BCUT2D eigenvalue weighted by atomic mass is 16.5. The van der Waals surface area contributed by atoms with E-state index in [1.807, 2.05) is 0 Å². The Morgan fingerprint density at radius 2 is 2.14 bits per heavy atom. The highest BCUT2D eigenvalue weighted by Crippen LogP contribution is 2.19. The SMILES string of the molecule is CCN1CCC(CN(C)CCOc2ccc(C)cc2C)C1. The normalized spacial score (nSPS) is 19.4. The third-order valence-electron chi connectivity index (χ3n) is 4.45. The summed E-state index contributed by atoms with van der Waals surface area (Å²) in [6.45, 7) is 13.2. The number of benzene rings is 1. The standard InChI is InChI=1S/C18H30N2O/c1-5-20-9-8-17(14-20)13-19(4)10-11-21-18-7-6-15(2)12-16(18)3/h6-7,12,17H,5,8-11,13-14H2,1-4H3. The molecule has 0 amide bonds. The van der Waals surface area contributed by atoms with Gasteiger partial charge >= 0.3 is 0 Å². The van der Waals surface area contributed by atoms with Crippen LogP contribution in [-0.2, 0) is 0 Å².